The van der Waals surface area contributed by atoms with Crippen molar-refractivity contribution in [1.82, 2.24) is 5.32 Å². The molecule has 18 heavy (non-hydrogen) atoms. The first-order chi connectivity index (χ1) is 8.34. The van der Waals surface area contributed by atoms with Crippen molar-refractivity contribution in [2.24, 2.45) is 23.7 Å². The van der Waals surface area contributed by atoms with Crippen LogP contribution in [0.3, 0.4) is 0 Å². The summed E-state index contributed by atoms with van der Waals surface area (Å²) < 4.78 is 5.42. The van der Waals surface area contributed by atoms with Crippen LogP contribution < -0.4 is 5.32 Å². The number of nitrogens with one attached hydrogen (secondary N) is 1. The molecule has 0 amide bonds. The summed E-state index contributed by atoms with van der Waals surface area (Å²) in [5.74, 6) is 2.53. The van der Waals surface area contributed by atoms with E-state index in [1.54, 1.807) is 0 Å². The lowest BCUT2D eigenvalue weighted by Crippen LogP contribution is -2.36. The molecule has 110 valence electrons. The van der Waals surface area contributed by atoms with Gasteiger partial charge in [0.05, 0.1) is 12.7 Å². The van der Waals surface area contributed by atoms with Crippen LogP contribution in [-0.2, 0) is 4.74 Å². The van der Waals surface area contributed by atoms with Crippen LogP contribution in [0, 0.1) is 23.7 Å². The van der Waals surface area contributed by atoms with Crippen LogP contribution in [0.4, 0.5) is 0 Å². The Morgan fingerprint density at radius 1 is 0.889 bits per heavy atom. The number of hydrogen-bond donors (Lipinski definition) is 2. The van der Waals surface area contributed by atoms with Crippen molar-refractivity contribution in [1.29, 1.82) is 0 Å². The third kappa shape index (κ3) is 8.90. The fraction of sp³-hybridized carbons (Fsp3) is 1.00. The van der Waals surface area contributed by atoms with Crippen molar-refractivity contribution in [3.63, 3.8) is 0 Å². The molecule has 0 aliphatic heterocycles. The van der Waals surface area contributed by atoms with Gasteiger partial charge in [-0.1, -0.05) is 41.5 Å². The predicted octanol–water partition coefficient (Wildman–Crippen LogP) is 2.54. The van der Waals surface area contributed by atoms with Crippen molar-refractivity contribution in [2.75, 3.05) is 26.3 Å². The van der Waals surface area contributed by atoms with E-state index in [4.69, 9.17) is 4.74 Å². The molecule has 0 aromatic carbocycles. The molecule has 2 N–H and O–H groups in total. The lowest BCUT2D eigenvalue weighted by Gasteiger charge is -2.25. The summed E-state index contributed by atoms with van der Waals surface area (Å²) in [5.41, 5.74) is 0. The first-order valence-corrected chi connectivity index (χ1v) is 7.31. The summed E-state index contributed by atoms with van der Waals surface area (Å²) in [4.78, 5) is 0. The Balaban J connectivity index is 3.68. The van der Waals surface area contributed by atoms with Gasteiger partial charge in [0.25, 0.3) is 0 Å². The van der Waals surface area contributed by atoms with E-state index in [9.17, 15) is 5.11 Å². The molecular weight excluding hydrogens is 226 g/mol. The van der Waals surface area contributed by atoms with Gasteiger partial charge in [-0.25, -0.2) is 0 Å². The minimum absolute atomic E-state index is 0.399. The van der Waals surface area contributed by atoms with Crippen LogP contribution in [0.2, 0.25) is 0 Å². The number of ether oxygens (including phenoxy) is 1. The lowest BCUT2D eigenvalue weighted by molar-refractivity contribution is 0.0253. The Morgan fingerprint density at radius 3 is 1.89 bits per heavy atom. The number of hydrogen-bond acceptors (Lipinski definition) is 3. The third-order valence-corrected chi connectivity index (χ3v) is 3.23. The molecule has 0 aliphatic carbocycles. The molecule has 0 saturated heterocycles. The van der Waals surface area contributed by atoms with Gasteiger partial charge in [0.2, 0.25) is 0 Å². The SMILES string of the molecule is CC(C)COCC(O)CNCC(C(C)C)C(C)C. The largest absolute Gasteiger partial charge is 0.389 e. The fourth-order valence-corrected chi connectivity index (χ4v) is 2.16. The molecule has 0 aromatic heterocycles. The zero-order chi connectivity index (χ0) is 14.1. The van der Waals surface area contributed by atoms with Gasteiger partial charge >= 0.3 is 0 Å². The van der Waals surface area contributed by atoms with Crippen LogP contribution in [0.1, 0.15) is 41.5 Å². The molecule has 3 nitrogen and oxygen atoms in total. The van der Waals surface area contributed by atoms with Crippen molar-refractivity contribution in [3.05, 3.63) is 0 Å². The molecular formula is C15H33NO2. The maximum Gasteiger partial charge on any atom is 0.0897 e. The molecule has 0 heterocycles. The average Bonchev–Trinajstić information content (AvgIpc) is 2.22. The topological polar surface area (TPSA) is 41.5 Å². The van der Waals surface area contributed by atoms with Crippen molar-refractivity contribution >= 4 is 0 Å². The molecule has 0 aliphatic rings. The second-order valence-corrected chi connectivity index (χ2v) is 6.40. The van der Waals surface area contributed by atoms with E-state index < -0.39 is 6.10 Å². The normalized spacial score (nSPS) is 14.2. The van der Waals surface area contributed by atoms with Gasteiger partial charge in [-0.3, -0.25) is 0 Å². The molecule has 1 atom stereocenters. The summed E-state index contributed by atoms with van der Waals surface area (Å²) in [6.07, 6.45) is -0.399. The Labute approximate surface area is 113 Å². The Kier molecular flexibility index (Phi) is 9.70. The maximum atomic E-state index is 9.76. The van der Waals surface area contributed by atoms with E-state index in [2.05, 4.69) is 46.9 Å². The van der Waals surface area contributed by atoms with Gasteiger partial charge in [-0.2, -0.15) is 0 Å². The summed E-state index contributed by atoms with van der Waals surface area (Å²) in [6, 6.07) is 0. The maximum absolute atomic E-state index is 9.76. The summed E-state index contributed by atoms with van der Waals surface area (Å²) in [5, 5.41) is 13.1. The Bertz CT molecular complexity index is 185. The third-order valence-electron chi connectivity index (χ3n) is 3.23. The van der Waals surface area contributed by atoms with E-state index in [-0.39, 0.29) is 0 Å². The Morgan fingerprint density at radius 2 is 1.44 bits per heavy atom. The van der Waals surface area contributed by atoms with E-state index >= 15 is 0 Å². The van der Waals surface area contributed by atoms with Gasteiger partial charge in [-0.15, -0.1) is 0 Å². The predicted molar refractivity (Wildman–Crippen MR) is 77.7 cm³/mol. The fourth-order valence-electron chi connectivity index (χ4n) is 2.16. The number of aliphatic hydroxyl groups is 1. The molecule has 0 aromatic rings. The summed E-state index contributed by atoms with van der Waals surface area (Å²) in [7, 11) is 0. The number of aliphatic hydroxyl groups excluding tert-OH is 1. The first kappa shape index (κ1) is 17.9. The molecule has 0 fully saturated rings. The molecule has 3 heteroatoms. The highest BCUT2D eigenvalue weighted by atomic mass is 16.5. The molecule has 0 saturated carbocycles. The van der Waals surface area contributed by atoms with Gasteiger partial charge in [0.15, 0.2) is 0 Å². The minimum Gasteiger partial charge on any atom is -0.389 e. The highest BCUT2D eigenvalue weighted by Crippen LogP contribution is 2.19. The highest BCUT2D eigenvalue weighted by molar-refractivity contribution is 4.70. The van der Waals surface area contributed by atoms with Gasteiger partial charge in [0.1, 0.15) is 0 Å². The van der Waals surface area contributed by atoms with E-state index in [0.29, 0.717) is 36.8 Å². The van der Waals surface area contributed by atoms with Crippen molar-refractivity contribution in [2.45, 2.75) is 47.6 Å². The standard InChI is InChI=1S/C15H33NO2/c1-11(2)9-18-10-14(17)7-16-8-15(12(3)4)13(5)6/h11-17H,7-10H2,1-6H3. The van der Waals surface area contributed by atoms with Crippen molar-refractivity contribution in [3.8, 4) is 0 Å². The molecule has 0 bridgehead atoms. The number of rotatable bonds is 10. The molecule has 0 rings (SSSR count). The smallest absolute Gasteiger partial charge is 0.0897 e. The van der Waals surface area contributed by atoms with Gasteiger partial charge < -0.3 is 15.2 Å². The van der Waals surface area contributed by atoms with Crippen LogP contribution in [0.15, 0.2) is 0 Å². The minimum atomic E-state index is -0.399. The Hall–Kier alpha value is -0.120. The summed E-state index contributed by atoms with van der Waals surface area (Å²) in [6.45, 7) is 16.0. The molecule has 0 radical (unpaired) electrons. The van der Waals surface area contributed by atoms with Crippen LogP contribution in [0.25, 0.3) is 0 Å². The molecule has 0 spiro atoms. The average molecular weight is 259 g/mol. The second-order valence-electron chi connectivity index (χ2n) is 6.40. The zero-order valence-corrected chi connectivity index (χ0v) is 13.1. The van der Waals surface area contributed by atoms with E-state index in [1.807, 2.05) is 0 Å². The quantitative estimate of drug-likeness (QED) is 0.633. The zero-order valence-electron chi connectivity index (χ0n) is 13.1. The lowest BCUT2D eigenvalue weighted by atomic mass is 9.85. The van der Waals surface area contributed by atoms with Crippen LogP contribution >= 0.6 is 0 Å². The van der Waals surface area contributed by atoms with Crippen molar-refractivity contribution < 1.29 is 9.84 Å². The monoisotopic (exact) mass is 259 g/mol. The van der Waals surface area contributed by atoms with E-state index in [1.165, 1.54) is 0 Å². The first-order valence-electron chi connectivity index (χ1n) is 7.31. The van der Waals surface area contributed by atoms with Crippen LogP contribution in [0.5, 0.6) is 0 Å². The van der Waals surface area contributed by atoms with Crippen LogP contribution in [-0.4, -0.2) is 37.5 Å². The summed E-state index contributed by atoms with van der Waals surface area (Å²) >= 11 is 0. The second kappa shape index (κ2) is 9.76. The van der Waals surface area contributed by atoms with Gasteiger partial charge in [-0.05, 0) is 30.2 Å². The molecule has 1 unspecified atom stereocenters. The van der Waals surface area contributed by atoms with E-state index in [0.717, 1.165) is 13.2 Å². The highest BCUT2D eigenvalue weighted by Gasteiger charge is 2.17. The van der Waals surface area contributed by atoms with Gasteiger partial charge in [0, 0.05) is 13.2 Å².